The molecule has 2 atom stereocenters. The van der Waals surface area contributed by atoms with Crippen LogP contribution in [-0.2, 0) is 14.3 Å². The van der Waals surface area contributed by atoms with Crippen molar-refractivity contribution in [3.63, 3.8) is 0 Å². The number of ether oxygens (including phenoxy) is 2. The van der Waals surface area contributed by atoms with E-state index >= 15 is 0 Å². The smallest absolute Gasteiger partial charge is 0.237 e. The van der Waals surface area contributed by atoms with Crippen molar-refractivity contribution in [2.45, 2.75) is 43.7 Å². The molecule has 0 aromatic heterocycles. The van der Waals surface area contributed by atoms with Crippen molar-refractivity contribution in [2.75, 3.05) is 27.4 Å². The molecule has 5 nitrogen and oxygen atoms in total. The molecule has 2 unspecified atom stereocenters. The Labute approximate surface area is 103 Å². The van der Waals surface area contributed by atoms with Crippen LogP contribution in [0.1, 0.15) is 32.1 Å². The van der Waals surface area contributed by atoms with Crippen LogP contribution in [0.25, 0.3) is 0 Å². The largest absolute Gasteiger partial charge is 0.385 e. The molecule has 1 saturated carbocycles. The molecule has 1 rings (SSSR count). The Morgan fingerprint density at radius 3 is 2.88 bits per heavy atom. The molecule has 1 fully saturated rings. The second-order valence-electron chi connectivity index (χ2n) is 4.63. The minimum absolute atomic E-state index is 0.126. The maximum atomic E-state index is 11.5. The Morgan fingerprint density at radius 2 is 2.29 bits per heavy atom. The summed E-state index contributed by atoms with van der Waals surface area (Å²) in [7, 11) is 3.47. The van der Waals surface area contributed by atoms with Crippen LogP contribution in [0.2, 0.25) is 0 Å². The number of rotatable bonds is 7. The maximum Gasteiger partial charge on any atom is 0.237 e. The highest BCUT2D eigenvalue weighted by Crippen LogP contribution is 2.29. The van der Waals surface area contributed by atoms with Gasteiger partial charge in [0, 0.05) is 26.7 Å². The number of hydrogen-bond donors (Lipinski definition) is 2. The third-order valence-corrected chi connectivity index (χ3v) is 3.50. The van der Waals surface area contributed by atoms with Crippen molar-refractivity contribution in [1.29, 1.82) is 0 Å². The van der Waals surface area contributed by atoms with Crippen molar-refractivity contribution in [3.05, 3.63) is 0 Å². The molecule has 0 saturated heterocycles. The first-order chi connectivity index (χ1) is 8.14. The van der Waals surface area contributed by atoms with Gasteiger partial charge in [-0.3, -0.25) is 4.79 Å². The van der Waals surface area contributed by atoms with E-state index in [1.807, 2.05) is 0 Å². The number of methoxy groups -OCH3 is 1. The molecule has 0 aromatic carbocycles. The summed E-state index contributed by atoms with van der Waals surface area (Å²) in [6.45, 7) is 1.39. The lowest BCUT2D eigenvalue weighted by atomic mass is 9.79. The molecule has 0 aliphatic heterocycles. The molecule has 0 aromatic rings. The van der Waals surface area contributed by atoms with Crippen molar-refractivity contribution in [1.82, 2.24) is 5.32 Å². The normalized spacial score (nSPS) is 29.2. The predicted octanol–water partition coefficient (Wildman–Crippen LogP) is 0.426. The number of hydrogen-bond acceptors (Lipinski definition) is 4. The number of carbonyl (C=O) groups excluding carboxylic acids is 1. The number of amides is 1. The highest BCUT2D eigenvalue weighted by atomic mass is 16.5. The standard InChI is InChI=1S/C12H24N2O3/c1-14-12(11(13)15)6-3-5-10(9-12)17-8-4-7-16-2/h10,14H,3-9H2,1-2H3,(H2,13,15). The summed E-state index contributed by atoms with van der Waals surface area (Å²) in [5.41, 5.74) is 4.90. The van der Waals surface area contributed by atoms with Gasteiger partial charge >= 0.3 is 0 Å². The first kappa shape index (κ1) is 14.4. The molecular weight excluding hydrogens is 220 g/mol. The van der Waals surface area contributed by atoms with Crippen LogP contribution in [0.15, 0.2) is 0 Å². The second kappa shape index (κ2) is 6.93. The summed E-state index contributed by atoms with van der Waals surface area (Å²) in [5, 5.41) is 3.07. The van der Waals surface area contributed by atoms with Crippen molar-refractivity contribution in [2.24, 2.45) is 5.73 Å². The van der Waals surface area contributed by atoms with Crippen LogP contribution in [-0.4, -0.2) is 44.9 Å². The molecule has 0 heterocycles. The molecule has 3 N–H and O–H groups in total. The van der Waals surface area contributed by atoms with Crippen LogP contribution in [0, 0.1) is 0 Å². The van der Waals surface area contributed by atoms with Crippen LogP contribution in [0.3, 0.4) is 0 Å². The fraction of sp³-hybridized carbons (Fsp3) is 0.917. The summed E-state index contributed by atoms with van der Waals surface area (Å²) in [6.07, 6.45) is 4.46. The Bertz CT molecular complexity index is 248. The average Bonchev–Trinajstić information content (AvgIpc) is 2.34. The van der Waals surface area contributed by atoms with Gasteiger partial charge in [0.1, 0.15) is 0 Å². The van der Waals surface area contributed by atoms with Gasteiger partial charge in [0.25, 0.3) is 0 Å². The van der Waals surface area contributed by atoms with Gasteiger partial charge in [-0.2, -0.15) is 0 Å². The first-order valence-electron chi connectivity index (χ1n) is 6.24. The topological polar surface area (TPSA) is 73.6 Å². The molecule has 1 aliphatic carbocycles. The molecule has 1 amide bonds. The predicted molar refractivity (Wildman–Crippen MR) is 65.7 cm³/mol. The van der Waals surface area contributed by atoms with Crippen LogP contribution < -0.4 is 11.1 Å². The van der Waals surface area contributed by atoms with E-state index in [0.29, 0.717) is 19.6 Å². The zero-order valence-electron chi connectivity index (χ0n) is 10.8. The lowest BCUT2D eigenvalue weighted by molar-refractivity contribution is -0.128. The zero-order valence-corrected chi connectivity index (χ0v) is 10.8. The highest BCUT2D eigenvalue weighted by molar-refractivity contribution is 5.84. The Morgan fingerprint density at radius 1 is 1.53 bits per heavy atom. The Kier molecular flexibility index (Phi) is 5.88. The van der Waals surface area contributed by atoms with Gasteiger partial charge in [-0.15, -0.1) is 0 Å². The number of nitrogens with one attached hydrogen (secondary N) is 1. The summed E-state index contributed by atoms with van der Waals surface area (Å²) >= 11 is 0. The third-order valence-electron chi connectivity index (χ3n) is 3.50. The lowest BCUT2D eigenvalue weighted by Crippen LogP contribution is -2.57. The van der Waals surface area contributed by atoms with Crippen LogP contribution in [0.4, 0.5) is 0 Å². The van der Waals surface area contributed by atoms with Crippen LogP contribution in [0.5, 0.6) is 0 Å². The SMILES string of the molecule is CNC1(C(N)=O)CCCC(OCCCOC)C1. The molecule has 17 heavy (non-hydrogen) atoms. The van der Waals surface area contributed by atoms with E-state index in [-0.39, 0.29) is 12.0 Å². The van der Waals surface area contributed by atoms with Gasteiger partial charge in [-0.05, 0) is 32.7 Å². The van der Waals surface area contributed by atoms with Crippen LogP contribution >= 0.6 is 0 Å². The van der Waals surface area contributed by atoms with Gasteiger partial charge in [0.05, 0.1) is 11.6 Å². The average molecular weight is 244 g/mol. The quantitative estimate of drug-likeness (QED) is 0.637. The van der Waals surface area contributed by atoms with E-state index in [2.05, 4.69) is 5.32 Å². The van der Waals surface area contributed by atoms with Gasteiger partial charge in [0.2, 0.25) is 5.91 Å². The van der Waals surface area contributed by atoms with Gasteiger partial charge < -0.3 is 20.5 Å². The summed E-state index contributed by atoms with van der Waals surface area (Å²) in [4.78, 5) is 11.5. The molecule has 5 heteroatoms. The number of primary amides is 1. The molecule has 1 aliphatic rings. The second-order valence-corrected chi connectivity index (χ2v) is 4.63. The van der Waals surface area contributed by atoms with Gasteiger partial charge in [-0.25, -0.2) is 0 Å². The van der Waals surface area contributed by atoms with E-state index in [1.54, 1.807) is 14.2 Å². The Balaban J connectivity index is 2.40. The van der Waals surface area contributed by atoms with E-state index in [9.17, 15) is 4.79 Å². The van der Waals surface area contributed by atoms with E-state index in [1.165, 1.54) is 0 Å². The molecule has 0 bridgehead atoms. The summed E-state index contributed by atoms with van der Waals surface area (Å²) in [6, 6.07) is 0. The minimum atomic E-state index is -0.579. The van der Waals surface area contributed by atoms with Crippen molar-refractivity contribution in [3.8, 4) is 0 Å². The number of carbonyl (C=O) groups is 1. The van der Waals surface area contributed by atoms with Crippen molar-refractivity contribution < 1.29 is 14.3 Å². The van der Waals surface area contributed by atoms with Gasteiger partial charge in [0.15, 0.2) is 0 Å². The number of nitrogens with two attached hydrogens (primary N) is 1. The van der Waals surface area contributed by atoms with Crippen molar-refractivity contribution >= 4 is 5.91 Å². The van der Waals surface area contributed by atoms with E-state index in [0.717, 1.165) is 25.7 Å². The zero-order chi connectivity index (χ0) is 12.7. The third kappa shape index (κ3) is 3.94. The lowest BCUT2D eigenvalue weighted by Gasteiger charge is -2.38. The molecule has 100 valence electrons. The van der Waals surface area contributed by atoms with E-state index < -0.39 is 5.54 Å². The summed E-state index contributed by atoms with van der Waals surface area (Å²) < 4.78 is 10.7. The monoisotopic (exact) mass is 244 g/mol. The highest BCUT2D eigenvalue weighted by Gasteiger charge is 2.40. The molecule has 0 spiro atoms. The van der Waals surface area contributed by atoms with E-state index in [4.69, 9.17) is 15.2 Å². The first-order valence-corrected chi connectivity index (χ1v) is 6.24. The fourth-order valence-electron chi connectivity index (χ4n) is 2.39. The van der Waals surface area contributed by atoms with Gasteiger partial charge in [-0.1, -0.05) is 0 Å². The Hall–Kier alpha value is -0.650. The number of likely N-dealkylation sites (N-methyl/N-ethyl adjacent to an activating group) is 1. The summed E-state index contributed by atoms with van der Waals surface area (Å²) in [5.74, 6) is -0.273. The fourth-order valence-corrected chi connectivity index (χ4v) is 2.39. The molecular formula is C12H24N2O3. The molecule has 0 radical (unpaired) electrons. The maximum absolute atomic E-state index is 11.5. The minimum Gasteiger partial charge on any atom is -0.385 e.